The van der Waals surface area contributed by atoms with Crippen LogP contribution in [0.15, 0.2) is 43.0 Å². The second-order valence-electron chi connectivity index (χ2n) is 7.38. The zero-order valence-electron chi connectivity index (χ0n) is 17.2. The first-order valence-corrected chi connectivity index (χ1v) is 9.11. The van der Waals surface area contributed by atoms with Gasteiger partial charge in [0.05, 0.1) is 7.11 Å². The SMILES string of the molecule is C=CC[C@H](C(=O)OC)N(Cc1ccccc1)C(=O)[C@H](C)NC(=O)OC(C)(C)C. The lowest BCUT2D eigenvalue weighted by molar-refractivity contribution is -0.153. The van der Waals surface area contributed by atoms with Gasteiger partial charge in [-0.05, 0) is 39.7 Å². The summed E-state index contributed by atoms with van der Waals surface area (Å²) in [7, 11) is 1.27. The van der Waals surface area contributed by atoms with Gasteiger partial charge in [-0.1, -0.05) is 36.4 Å². The fraction of sp³-hybridized carbons (Fsp3) is 0.476. The Labute approximate surface area is 166 Å². The van der Waals surface area contributed by atoms with Crippen LogP contribution in [0, 0.1) is 0 Å². The van der Waals surface area contributed by atoms with Gasteiger partial charge >= 0.3 is 12.1 Å². The minimum absolute atomic E-state index is 0.188. The Bertz CT molecular complexity index is 682. The molecule has 0 unspecified atom stereocenters. The summed E-state index contributed by atoms with van der Waals surface area (Å²) in [6, 6.07) is 7.53. The van der Waals surface area contributed by atoms with E-state index in [1.165, 1.54) is 12.0 Å². The molecule has 0 aliphatic heterocycles. The predicted molar refractivity (Wildman–Crippen MR) is 106 cm³/mol. The molecule has 0 fully saturated rings. The molecule has 28 heavy (non-hydrogen) atoms. The molecule has 1 aromatic carbocycles. The fourth-order valence-electron chi connectivity index (χ4n) is 2.56. The standard InChI is InChI=1S/C21H30N2O5/c1-7-11-17(19(25)27-6)23(14-16-12-9-8-10-13-16)18(24)15(2)22-20(26)28-21(3,4)5/h7-10,12-13,15,17H,1,11,14H2,2-6H3,(H,22,26)/t15-,17+/m0/s1. The Kier molecular flexibility index (Phi) is 8.70. The summed E-state index contributed by atoms with van der Waals surface area (Å²) in [5.41, 5.74) is 0.159. The third-order valence-electron chi connectivity index (χ3n) is 3.82. The number of amides is 2. The Morgan fingerprint density at radius 2 is 1.82 bits per heavy atom. The van der Waals surface area contributed by atoms with Crippen molar-refractivity contribution < 1.29 is 23.9 Å². The Balaban J connectivity index is 3.07. The topological polar surface area (TPSA) is 84.9 Å². The van der Waals surface area contributed by atoms with Crippen LogP contribution in [0.3, 0.4) is 0 Å². The average Bonchev–Trinajstić information content (AvgIpc) is 2.62. The van der Waals surface area contributed by atoms with E-state index in [9.17, 15) is 14.4 Å². The molecule has 0 radical (unpaired) electrons. The number of hydrogen-bond acceptors (Lipinski definition) is 5. The molecule has 1 rings (SSSR count). The fourth-order valence-corrected chi connectivity index (χ4v) is 2.56. The van der Waals surface area contributed by atoms with Gasteiger partial charge in [0.1, 0.15) is 17.7 Å². The van der Waals surface area contributed by atoms with Crippen molar-refractivity contribution in [2.45, 2.75) is 58.3 Å². The molecule has 0 saturated heterocycles. The molecule has 1 N–H and O–H groups in total. The highest BCUT2D eigenvalue weighted by molar-refractivity contribution is 5.89. The number of nitrogens with zero attached hydrogens (tertiary/aromatic N) is 1. The van der Waals surface area contributed by atoms with E-state index in [-0.39, 0.29) is 13.0 Å². The number of rotatable bonds is 8. The highest BCUT2D eigenvalue weighted by atomic mass is 16.6. The molecule has 0 aliphatic rings. The van der Waals surface area contributed by atoms with Crippen LogP contribution in [0.4, 0.5) is 4.79 Å². The number of carbonyl (C=O) groups excluding carboxylic acids is 3. The van der Waals surface area contributed by atoms with Gasteiger partial charge in [0.15, 0.2) is 0 Å². The molecule has 0 aliphatic carbocycles. The molecule has 2 atom stereocenters. The predicted octanol–water partition coefficient (Wildman–Crippen LogP) is 3.05. The number of esters is 1. The van der Waals surface area contributed by atoms with E-state index in [0.29, 0.717) is 0 Å². The van der Waals surface area contributed by atoms with Crippen molar-refractivity contribution in [3.8, 4) is 0 Å². The van der Waals surface area contributed by atoms with E-state index in [2.05, 4.69) is 11.9 Å². The van der Waals surface area contributed by atoms with Gasteiger partial charge in [-0.25, -0.2) is 9.59 Å². The van der Waals surface area contributed by atoms with Crippen LogP contribution in [0.1, 0.15) is 39.7 Å². The summed E-state index contributed by atoms with van der Waals surface area (Å²) in [6.45, 7) is 10.6. The quantitative estimate of drug-likeness (QED) is 0.545. The molecule has 1 aromatic rings. The zero-order chi connectivity index (χ0) is 21.3. The largest absolute Gasteiger partial charge is 0.467 e. The summed E-state index contributed by atoms with van der Waals surface area (Å²) < 4.78 is 10.1. The van der Waals surface area contributed by atoms with Gasteiger partial charge in [-0.3, -0.25) is 4.79 Å². The first-order chi connectivity index (χ1) is 13.1. The van der Waals surface area contributed by atoms with Crippen molar-refractivity contribution in [1.82, 2.24) is 10.2 Å². The van der Waals surface area contributed by atoms with Crippen LogP contribution in [0.2, 0.25) is 0 Å². The normalized spacial score (nSPS) is 13.0. The van der Waals surface area contributed by atoms with Crippen LogP contribution >= 0.6 is 0 Å². The average molecular weight is 390 g/mol. The third-order valence-corrected chi connectivity index (χ3v) is 3.82. The summed E-state index contributed by atoms with van der Waals surface area (Å²) in [5.74, 6) is -0.972. The van der Waals surface area contributed by atoms with E-state index in [1.54, 1.807) is 33.8 Å². The van der Waals surface area contributed by atoms with E-state index in [1.807, 2.05) is 30.3 Å². The van der Waals surface area contributed by atoms with Gasteiger partial charge in [-0.2, -0.15) is 0 Å². The number of nitrogens with one attached hydrogen (secondary N) is 1. The lowest BCUT2D eigenvalue weighted by Gasteiger charge is -2.32. The maximum Gasteiger partial charge on any atom is 0.408 e. The smallest absolute Gasteiger partial charge is 0.408 e. The van der Waals surface area contributed by atoms with E-state index in [0.717, 1.165) is 5.56 Å². The summed E-state index contributed by atoms with van der Waals surface area (Å²) >= 11 is 0. The van der Waals surface area contributed by atoms with Crippen molar-refractivity contribution in [1.29, 1.82) is 0 Å². The molecule has 7 heteroatoms. The van der Waals surface area contributed by atoms with E-state index < -0.39 is 35.7 Å². The lowest BCUT2D eigenvalue weighted by Crippen LogP contribution is -2.53. The maximum atomic E-state index is 13.1. The highest BCUT2D eigenvalue weighted by Crippen LogP contribution is 2.15. The first-order valence-electron chi connectivity index (χ1n) is 9.11. The molecule has 0 bridgehead atoms. The van der Waals surface area contributed by atoms with Crippen LogP contribution in [-0.4, -0.2) is 47.7 Å². The van der Waals surface area contributed by atoms with Crippen molar-refractivity contribution in [3.05, 3.63) is 48.6 Å². The van der Waals surface area contributed by atoms with E-state index in [4.69, 9.17) is 9.47 Å². The zero-order valence-corrected chi connectivity index (χ0v) is 17.2. The molecule has 2 amide bonds. The summed E-state index contributed by atoms with van der Waals surface area (Å²) in [6.07, 6.45) is 1.08. The van der Waals surface area contributed by atoms with Gasteiger partial charge in [0, 0.05) is 6.54 Å². The molecule has 7 nitrogen and oxygen atoms in total. The Morgan fingerprint density at radius 1 is 1.21 bits per heavy atom. The molecule has 0 saturated carbocycles. The lowest BCUT2D eigenvalue weighted by atomic mass is 10.1. The maximum absolute atomic E-state index is 13.1. The number of methoxy groups -OCH3 is 1. The van der Waals surface area contributed by atoms with Crippen LogP contribution < -0.4 is 5.32 Å². The summed E-state index contributed by atoms with van der Waals surface area (Å²) in [5, 5.41) is 2.53. The number of benzene rings is 1. The van der Waals surface area contributed by atoms with Crippen LogP contribution in [0.25, 0.3) is 0 Å². The Morgan fingerprint density at radius 3 is 2.32 bits per heavy atom. The Hall–Kier alpha value is -2.83. The number of alkyl carbamates (subject to hydrolysis) is 1. The van der Waals surface area contributed by atoms with Gasteiger partial charge in [-0.15, -0.1) is 6.58 Å². The third kappa shape index (κ3) is 7.42. The first kappa shape index (κ1) is 23.2. The molecular weight excluding hydrogens is 360 g/mol. The minimum Gasteiger partial charge on any atom is -0.467 e. The van der Waals surface area contributed by atoms with Crippen molar-refractivity contribution in [3.63, 3.8) is 0 Å². The molecule has 0 spiro atoms. The second-order valence-corrected chi connectivity index (χ2v) is 7.38. The molecule has 154 valence electrons. The van der Waals surface area contributed by atoms with Crippen molar-refractivity contribution >= 4 is 18.0 Å². The molecule has 0 aromatic heterocycles. The van der Waals surface area contributed by atoms with Gasteiger partial charge in [0.2, 0.25) is 5.91 Å². The second kappa shape index (κ2) is 10.5. The monoisotopic (exact) mass is 390 g/mol. The van der Waals surface area contributed by atoms with Crippen LogP contribution in [-0.2, 0) is 25.6 Å². The van der Waals surface area contributed by atoms with Gasteiger partial charge in [0.25, 0.3) is 0 Å². The summed E-state index contributed by atoms with van der Waals surface area (Å²) in [4.78, 5) is 38.8. The molecule has 0 heterocycles. The minimum atomic E-state index is -0.893. The number of ether oxygens (including phenoxy) is 2. The van der Waals surface area contributed by atoms with Gasteiger partial charge < -0.3 is 19.7 Å². The highest BCUT2D eigenvalue weighted by Gasteiger charge is 2.33. The molecular formula is C21H30N2O5. The van der Waals surface area contributed by atoms with Crippen molar-refractivity contribution in [2.24, 2.45) is 0 Å². The number of carbonyl (C=O) groups is 3. The van der Waals surface area contributed by atoms with E-state index >= 15 is 0 Å². The number of hydrogen-bond donors (Lipinski definition) is 1. The van der Waals surface area contributed by atoms with Crippen molar-refractivity contribution in [2.75, 3.05) is 7.11 Å². The van der Waals surface area contributed by atoms with Crippen LogP contribution in [0.5, 0.6) is 0 Å².